The molecule has 0 fully saturated rings. The Morgan fingerprint density at radius 2 is 1.60 bits per heavy atom. The molecule has 9 heteroatoms. The minimum atomic E-state index is -5.17. The molecule has 0 unspecified atom stereocenters. The van der Waals surface area contributed by atoms with Gasteiger partial charge in [-0.2, -0.15) is 5.10 Å². The van der Waals surface area contributed by atoms with E-state index < -0.39 is 19.0 Å². The second-order valence-corrected chi connectivity index (χ2v) is 9.74. The second kappa shape index (κ2) is 9.44. The first-order chi connectivity index (χ1) is 16.9. The molecule has 0 bridgehead atoms. The molecule has 0 aliphatic rings. The van der Waals surface area contributed by atoms with E-state index in [4.69, 9.17) is 4.42 Å². The molecular formula is C26H21N3O5P-. The van der Waals surface area contributed by atoms with Crippen molar-refractivity contribution in [2.75, 3.05) is 0 Å². The van der Waals surface area contributed by atoms with Crippen LogP contribution in [0.2, 0.25) is 0 Å². The zero-order valence-corrected chi connectivity index (χ0v) is 19.4. The molecule has 8 nitrogen and oxygen atoms in total. The molecule has 0 radical (unpaired) electrons. The summed E-state index contributed by atoms with van der Waals surface area (Å²) in [5, 5.41) is 6.65. The molecule has 0 saturated heterocycles. The average Bonchev–Trinajstić information content (AvgIpc) is 3.29. The van der Waals surface area contributed by atoms with E-state index in [0.717, 1.165) is 5.56 Å². The number of hydrogen-bond acceptors (Lipinski definition) is 6. The fraction of sp³-hybridized carbons (Fsp3) is 0.0769. The van der Waals surface area contributed by atoms with Crippen LogP contribution in [-0.4, -0.2) is 9.78 Å². The fourth-order valence-corrected chi connectivity index (χ4v) is 4.93. The summed E-state index contributed by atoms with van der Waals surface area (Å²) in [4.78, 5) is 37.9. The minimum absolute atomic E-state index is 0.0833. The fourth-order valence-electron chi connectivity index (χ4n) is 4.04. The summed E-state index contributed by atoms with van der Waals surface area (Å²) in [6.45, 7) is 0.252. The molecule has 5 rings (SSSR count). The second-order valence-electron chi connectivity index (χ2n) is 8.11. The van der Waals surface area contributed by atoms with Gasteiger partial charge in [-0.05, 0) is 31.9 Å². The highest BCUT2D eigenvalue weighted by Crippen LogP contribution is 2.42. The van der Waals surface area contributed by atoms with Gasteiger partial charge in [0.05, 0.1) is 16.8 Å². The predicted octanol–water partition coefficient (Wildman–Crippen LogP) is 2.32. The SMILES string of the molecule is O=c1oc2ccccc2cc1-c1nn(-c2ccccc2)cc1[C@@H]([NH2+]Cc1ccccc1)P(=O)([O-])[O-]. The highest BCUT2D eigenvalue weighted by molar-refractivity contribution is 7.48. The summed E-state index contributed by atoms with van der Waals surface area (Å²) >= 11 is 0. The lowest BCUT2D eigenvalue weighted by molar-refractivity contribution is -0.699. The maximum absolute atomic E-state index is 12.9. The maximum atomic E-state index is 12.9. The molecule has 2 aromatic heterocycles. The van der Waals surface area contributed by atoms with Gasteiger partial charge in [-0.1, -0.05) is 66.7 Å². The molecule has 1 atom stereocenters. The van der Waals surface area contributed by atoms with Crippen LogP contribution in [0.15, 0.2) is 106 Å². The molecule has 0 aliphatic carbocycles. The van der Waals surface area contributed by atoms with Crippen LogP contribution in [0.4, 0.5) is 0 Å². The molecule has 0 saturated carbocycles. The maximum Gasteiger partial charge on any atom is 0.345 e. The van der Waals surface area contributed by atoms with E-state index >= 15 is 0 Å². The minimum Gasteiger partial charge on any atom is -0.806 e. The number of benzene rings is 3. The van der Waals surface area contributed by atoms with E-state index in [2.05, 4.69) is 5.10 Å². The van der Waals surface area contributed by atoms with Gasteiger partial charge in [0.15, 0.2) is 0 Å². The summed E-state index contributed by atoms with van der Waals surface area (Å²) in [7, 11) is -5.17. The number of quaternary nitrogens is 1. The van der Waals surface area contributed by atoms with Gasteiger partial charge in [0.2, 0.25) is 0 Å². The van der Waals surface area contributed by atoms with Crippen LogP contribution in [0.5, 0.6) is 0 Å². The van der Waals surface area contributed by atoms with Gasteiger partial charge in [-0.3, -0.25) is 0 Å². The number of fused-ring (bicyclic) bond motifs is 1. The van der Waals surface area contributed by atoms with E-state index in [0.29, 0.717) is 16.7 Å². The van der Waals surface area contributed by atoms with Crippen LogP contribution >= 0.6 is 7.60 Å². The quantitative estimate of drug-likeness (QED) is 0.278. The summed E-state index contributed by atoms with van der Waals surface area (Å²) < 4.78 is 19.4. The zero-order chi connectivity index (χ0) is 24.4. The summed E-state index contributed by atoms with van der Waals surface area (Å²) in [5.74, 6) is -1.50. The van der Waals surface area contributed by atoms with E-state index in [-0.39, 0.29) is 23.4 Å². The smallest absolute Gasteiger partial charge is 0.345 e. The topological polar surface area (TPSA) is 128 Å². The Morgan fingerprint density at radius 3 is 2.31 bits per heavy atom. The number of nitrogens with two attached hydrogens (primary N) is 1. The van der Waals surface area contributed by atoms with Crippen molar-refractivity contribution >= 4 is 18.6 Å². The molecular weight excluding hydrogens is 465 g/mol. The van der Waals surface area contributed by atoms with Gasteiger partial charge in [0, 0.05) is 17.1 Å². The largest absolute Gasteiger partial charge is 0.806 e. The van der Waals surface area contributed by atoms with Crippen molar-refractivity contribution in [2.45, 2.75) is 12.3 Å². The lowest BCUT2D eigenvalue weighted by Crippen LogP contribution is -2.84. The van der Waals surface area contributed by atoms with Crippen LogP contribution in [0.25, 0.3) is 27.9 Å². The molecule has 2 N–H and O–H groups in total. The Hall–Kier alpha value is -3.81. The van der Waals surface area contributed by atoms with Crippen LogP contribution < -0.4 is 20.7 Å². The van der Waals surface area contributed by atoms with Gasteiger partial charge in [-0.25, -0.2) is 9.48 Å². The number of nitrogens with zero attached hydrogens (tertiary/aromatic N) is 2. The van der Waals surface area contributed by atoms with Gasteiger partial charge in [-0.15, -0.1) is 0 Å². The monoisotopic (exact) mass is 486 g/mol. The van der Waals surface area contributed by atoms with Crippen molar-refractivity contribution < 1.29 is 24.1 Å². The molecule has 2 heterocycles. The molecule has 0 spiro atoms. The van der Waals surface area contributed by atoms with E-state index in [1.54, 1.807) is 42.5 Å². The third-order valence-electron chi connectivity index (χ3n) is 5.74. The van der Waals surface area contributed by atoms with Crippen LogP contribution in [0.3, 0.4) is 0 Å². The third-order valence-corrected chi connectivity index (χ3v) is 6.91. The lowest BCUT2D eigenvalue weighted by Gasteiger charge is -2.35. The zero-order valence-electron chi connectivity index (χ0n) is 18.5. The van der Waals surface area contributed by atoms with Crippen molar-refractivity contribution in [2.24, 2.45) is 0 Å². The summed E-state index contributed by atoms with van der Waals surface area (Å²) in [6, 6.07) is 26.9. The van der Waals surface area contributed by atoms with Crippen molar-refractivity contribution in [1.82, 2.24) is 9.78 Å². The highest BCUT2D eigenvalue weighted by Gasteiger charge is 2.28. The summed E-state index contributed by atoms with van der Waals surface area (Å²) in [5.41, 5.74) is 1.54. The van der Waals surface area contributed by atoms with Gasteiger partial charge >= 0.3 is 5.63 Å². The van der Waals surface area contributed by atoms with E-state index in [1.165, 1.54) is 16.2 Å². The Morgan fingerprint density at radius 1 is 0.943 bits per heavy atom. The standard InChI is InChI=1S/C26H22N3O5P/c30-26-21(15-19-11-7-8-14-23(19)34-26)24-22(17-29(28-24)20-12-5-2-6-13-20)25(35(31,32)33)27-16-18-9-3-1-4-10-18/h1-15,17,25,27H,16H2,(H2,31,32,33)/p-1/t25-/m0/s1. The molecule has 0 aliphatic heterocycles. The molecule has 35 heavy (non-hydrogen) atoms. The van der Waals surface area contributed by atoms with Crippen molar-refractivity contribution in [1.29, 1.82) is 0 Å². The predicted molar refractivity (Wildman–Crippen MR) is 127 cm³/mol. The summed E-state index contributed by atoms with van der Waals surface area (Å²) in [6.07, 6.45) is 1.49. The number of hydrogen-bond donors (Lipinski definition) is 1. The first-order valence-electron chi connectivity index (χ1n) is 11.0. The van der Waals surface area contributed by atoms with Gasteiger partial charge in [0.25, 0.3) is 0 Å². The van der Waals surface area contributed by atoms with E-state index in [1.807, 2.05) is 48.5 Å². The van der Waals surface area contributed by atoms with E-state index in [9.17, 15) is 19.1 Å². The van der Waals surface area contributed by atoms with Crippen LogP contribution in [-0.2, 0) is 11.1 Å². The normalized spacial score (nSPS) is 12.6. The Labute approximate surface area is 200 Å². The Bertz CT molecular complexity index is 1580. The Balaban J connectivity index is 1.67. The van der Waals surface area contributed by atoms with Crippen LogP contribution in [0, 0.1) is 0 Å². The number of aromatic nitrogens is 2. The molecule has 176 valence electrons. The third kappa shape index (κ3) is 4.87. The molecule has 5 aromatic rings. The van der Waals surface area contributed by atoms with Gasteiger partial charge < -0.3 is 24.1 Å². The van der Waals surface area contributed by atoms with Crippen molar-refractivity contribution in [3.8, 4) is 16.9 Å². The molecule has 0 amide bonds. The first-order valence-corrected chi connectivity index (χ1v) is 12.6. The lowest BCUT2D eigenvalue weighted by atomic mass is 10.1. The molecule has 3 aromatic carbocycles. The van der Waals surface area contributed by atoms with Crippen molar-refractivity contribution in [3.63, 3.8) is 0 Å². The van der Waals surface area contributed by atoms with Gasteiger partial charge in [0.1, 0.15) is 23.6 Å². The number of para-hydroxylation sites is 2. The number of rotatable bonds is 7. The average molecular weight is 486 g/mol. The highest BCUT2D eigenvalue weighted by atomic mass is 31.2. The van der Waals surface area contributed by atoms with Crippen molar-refractivity contribution in [3.05, 3.63) is 119 Å². The Kier molecular flexibility index (Phi) is 6.19. The van der Waals surface area contributed by atoms with Crippen LogP contribution in [0.1, 0.15) is 16.9 Å². The first kappa shape index (κ1) is 23.0.